The van der Waals surface area contributed by atoms with E-state index in [4.69, 9.17) is 15.1 Å². The number of hydrogen-bond acceptors (Lipinski definition) is 7. The molecule has 0 saturated carbocycles. The number of carbonyl (C=O) groups excluding carboxylic acids is 1. The van der Waals surface area contributed by atoms with Gasteiger partial charge >= 0.3 is 0 Å². The van der Waals surface area contributed by atoms with E-state index < -0.39 is 6.10 Å². The van der Waals surface area contributed by atoms with Crippen molar-refractivity contribution in [1.82, 2.24) is 24.5 Å². The van der Waals surface area contributed by atoms with Crippen LogP contribution in [0.15, 0.2) is 39.7 Å². The number of hydrogen-bond donors (Lipinski definition) is 2. The topological polar surface area (TPSA) is 123 Å². The number of rotatable bonds is 3. The van der Waals surface area contributed by atoms with Crippen LogP contribution in [-0.2, 0) is 4.79 Å². The van der Waals surface area contributed by atoms with E-state index in [9.17, 15) is 9.90 Å². The Morgan fingerprint density at radius 2 is 2.13 bits per heavy atom. The molecule has 1 aliphatic rings. The third kappa shape index (κ3) is 3.35. The highest BCUT2D eigenvalue weighted by molar-refractivity contribution is 9.10. The molecular weight excluding hydrogens is 464 g/mol. The summed E-state index contributed by atoms with van der Waals surface area (Å²) in [6.45, 7) is 2.63. The highest BCUT2D eigenvalue weighted by Crippen LogP contribution is 2.37. The highest BCUT2D eigenvalue weighted by atomic mass is 79.9. The Bertz CT molecular complexity index is 1290. The monoisotopic (exact) mass is 484 g/mol. The molecule has 3 N–H and O–H groups in total. The Labute approximate surface area is 186 Å². The molecule has 1 aliphatic heterocycles. The van der Waals surface area contributed by atoms with E-state index >= 15 is 0 Å². The molecule has 0 bridgehead atoms. The van der Waals surface area contributed by atoms with Gasteiger partial charge in [-0.1, -0.05) is 0 Å². The molecule has 160 valence electrons. The van der Waals surface area contributed by atoms with Gasteiger partial charge in [-0.15, -0.1) is 0 Å². The number of nitrogens with zero attached hydrogens (tertiary/aromatic N) is 5. The van der Waals surface area contributed by atoms with Crippen LogP contribution in [-0.4, -0.2) is 54.7 Å². The Morgan fingerprint density at radius 3 is 2.87 bits per heavy atom. The number of piperidine rings is 1. The van der Waals surface area contributed by atoms with Crippen molar-refractivity contribution in [2.75, 3.05) is 18.8 Å². The van der Waals surface area contributed by atoms with Crippen LogP contribution in [0.4, 0.5) is 5.82 Å². The molecule has 1 atom stereocenters. The summed E-state index contributed by atoms with van der Waals surface area (Å²) >= 11 is 3.60. The van der Waals surface area contributed by atoms with Gasteiger partial charge in [0.2, 0.25) is 0 Å². The largest absolute Gasteiger partial charge is 0.463 e. The van der Waals surface area contributed by atoms with Crippen LogP contribution in [0.2, 0.25) is 0 Å². The molecule has 31 heavy (non-hydrogen) atoms. The number of furan rings is 1. The minimum atomic E-state index is -0.983. The number of halogens is 1. The molecule has 1 amide bonds. The lowest BCUT2D eigenvalue weighted by molar-refractivity contribution is -0.140. The number of likely N-dealkylation sites (tertiary alicyclic amines) is 1. The number of carbonyl (C=O) groups is 1. The Balaban J connectivity index is 1.52. The highest BCUT2D eigenvalue weighted by Gasteiger charge is 2.29. The first kappa shape index (κ1) is 20.0. The third-order valence-corrected chi connectivity index (χ3v) is 6.63. The van der Waals surface area contributed by atoms with Crippen LogP contribution in [0.25, 0.3) is 27.9 Å². The number of nitrogens with two attached hydrogens (primary N) is 1. The molecule has 9 nitrogen and oxygen atoms in total. The predicted octanol–water partition coefficient (Wildman–Crippen LogP) is 2.97. The fourth-order valence-electron chi connectivity index (χ4n) is 4.12. The summed E-state index contributed by atoms with van der Waals surface area (Å²) in [7, 11) is 0. The maximum absolute atomic E-state index is 12.1. The summed E-state index contributed by atoms with van der Waals surface area (Å²) in [5.41, 5.74) is 11.0. The van der Waals surface area contributed by atoms with Crippen LogP contribution in [0, 0.1) is 0 Å². The zero-order valence-corrected chi connectivity index (χ0v) is 18.4. The van der Waals surface area contributed by atoms with Crippen molar-refractivity contribution in [2.45, 2.75) is 31.8 Å². The molecular formula is C21H21BrN6O3. The first-order chi connectivity index (χ1) is 14.9. The molecule has 1 fully saturated rings. The minimum absolute atomic E-state index is 0.133. The molecule has 0 aliphatic carbocycles. The standard InChI is InChI=1S/C21H21BrN6O3/c1-11(29)21(30)27-5-2-12(3-6-27)18-17(22)19(23)28-20(26-18)14(10-25-28)13-8-16-15(24-9-13)4-7-31-16/h4,7-12,29H,2-3,5-6,23H2,1H3/t11-/m1/s1. The first-order valence-electron chi connectivity index (χ1n) is 10.1. The molecule has 0 spiro atoms. The number of anilines is 1. The number of aliphatic hydroxyl groups is 1. The van der Waals surface area contributed by atoms with Gasteiger partial charge in [-0.25, -0.2) is 4.98 Å². The van der Waals surface area contributed by atoms with Crippen molar-refractivity contribution in [3.8, 4) is 11.1 Å². The Kier molecular flexibility index (Phi) is 4.90. The Hall–Kier alpha value is -2.98. The van der Waals surface area contributed by atoms with Crippen molar-refractivity contribution >= 4 is 44.4 Å². The van der Waals surface area contributed by atoms with Gasteiger partial charge in [0, 0.05) is 42.4 Å². The van der Waals surface area contributed by atoms with E-state index in [-0.39, 0.29) is 11.8 Å². The lowest BCUT2D eigenvalue weighted by Crippen LogP contribution is -2.42. The normalized spacial score (nSPS) is 16.3. The van der Waals surface area contributed by atoms with Crippen molar-refractivity contribution in [2.24, 2.45) is 0 Å². The summed E-state index contributed by atoms with van der Waals surface area (Å²) in [5, 5.41) is 14.0. The van der Waals surface area contributed by atoms with E-state index in [1.807, 2.05) is 12.1 Å². The number of aromatic nitrogens is 4. The van der Waals surface area contributed by atoms with E-state index in [2.05, 4.69) is 26.0 Å². The molecule has 4 aromatic rings. The average Bonchev–Trinajstić information content (AvgIpc) is 3.42. The Morgan fingerprint density at radius 1 is 1.35 bits per heavy atom. The van der Waals surface area contributed by atoms with Crippen molar-refractivity contribution in [3.63, 3.8) is 0 Å². The van der Waals surface area contributed by atoms with Gasteiger partial charge in [-0.3, -0.25) is 9.78 Å². The van der Waals surface area contributed by atoms with E-state index in [0.717, 1.165) is 39.7 Å². The van der Waals surface area contributed by atoms with Crippen molar-refractivity contribution < 1.29 is 14.3 Å². The first-order valence-corrected chi connectivity index (χ1v) is 10.9. The van der Waals surface area contributed by atoms with Crippen LogP contribution in [0.3, 0.4) is 0 Å². The van der Waals surface area contributed by atoms with Gasteiger partial charge in [-0.2, -0.15) is 9.61 Å². The zero-order chi connectivity index (χ0) is 21.7. The van der Waals surface area contributed by atoms with Crippen LogP contribution in [0.5, 0.6) is 0 Å². The van der Waals surface area contributed by atoms with Gasteiger partial charge in [0.15, 0.2) is 11.2 Å². The number of pyridine rings is 1. The minimum Gasteiger partial charge on any atom is -0.463 e. The molecule has 5 rings (SSSR count). The number of amides is 1. The van der Waals surface area contributed by atoms with E-state index in [1.165, 1.54) is 6.92 Å². The summed E-state index contributed by atoms with van der Waals surface area (Å²) in [5.74, 6) is 0.369. The number of fused-ring (bicyclic) bond motifs is 2. The van der Waals surface area contributed by atoms with E-state index in [0.29, 0.717) is 30.1 Å². The smallest absolute Gasteiger partial charge is 0.251 e. The fourth-order valence-corrected chi connectivity index (χ4v) is 4.70. The SMILES string of the molecule is C[C@@H](O)C(=O)N1CCC(c2nc3c(-c4cnc5ccoc5c4)cnn3c(N)c2Br)CC1. The van der Waals surface area contributed by atoms with Gasteiger partial charge in [-0.05, 0) is 41.8 Å². The molecule has 4 aromatic heterocycles. The summed E-state index contributed by atoms with van der Waals surface area (Å²) in [6.07, 6.45) is 5.60. The fraction of sp³-hybridized carbons (Fsp3) is 0.333. The van der Waals surface area contributed by atoms with E-state index in [1.54, 1.807) is 28.1 Å². The summed E-state index contributed by atoms with van der Waals surface area (Å²) < 4.78 is 7.81. The maximum Gasteiger partial charge on any atom is 0.251 e. The molecule has 0 unspecified atom stereocenters. The number of nitrogen functional groups attached to an aromatic ring is 1. The maximum atomic E-state index is 12.1. The van der Waals surface area contributed by atoms with Crippen LogP contribution < -0.4 is 5.73 Å². The lowest BCUT2D eigenvalue weighted by Gasteiger charge is -2.33. The second-order valence-electron chi connectivity index (χ2n) is 7.79. The van der Waals surface area contributed by atoms with Crippen LogP contribution in [0.1, 0.15) is 31.4 Å². The molecule has 1 saturated heterocycles. The van der Waals surface area contributed by atoms with Gasteiger partial charge in [0.1, 0.15) is 17.4 Å². The van der Waals surface area contributed by atoms with Gasteiger partial charge < -0.3 is 20.2 Å². The molecule has 5 heterocycles. The second kappa shape index (κ2) is 7.61. The summed E-state index contributed by atoms with van der Waals surface area (Å²) in [6, 6.07) is 3.73. The quantitative estimate of drug-likeness (QED) is 0.458. The molecule has 0 radical (unpaired) electrons. The number of aliphatic hydroxyl groups excluding tert-OH is 1. The molecule has 0 aromatic carbocycles. The predicted molar refractivity (Wildman–Crippen MR) is 118 cm³/mol. The van der Waals surface area contributed by atoms with Gasteiger partial charge in [0.05, 0.1) is 22.6 Å². The van der Waals surface area contributed by atoms with Crippen LogP contribution >= 0.6 is 15.9 Å². The third-order valence-electron chi connectivity index (χ3n) is 5.81. The zero-order valence-electron chi connectivity index (χ0n) is 16.8. The van der Waals surface area contributed by atoms with Crippen molar-refractivity contribution in [3.05, 3.63) is 41.0 Å². The summed E-state index contributed by atoms with van der Waals surface area (Å²) in [4.78, 5) is 23.2. The average molecular weight is 485 g/mol. The van der Waals surface area contributed by atoms with Crippen molar-refractivity contribution in [1.29, 1.82) is 0 Å². The van der Waals surface area contributed by atoms with Gasteiger partial charge in [0.25, 0.3) is 5.91 Å². The lowest BCUT2D eigenvalue weighted by atomic mass is 9.93. The second-order valence-corrected chi connectivity index (χ2v) is 8.59. The molecule has 10 heteroatoms.